The molecule has 20 heavy (non-hydrogen) atoms. The van der Waals surface area contributed by atoms with Gasteiger partial charge in [-0.1, -0.05) is 13.8 Å². The van der Waals surface area contributed by atoms with E-state index in [4.69, 9.17) is 0 Å². The Labute approximate surface area is 125 Å². The van der Waals surface area contributed by atoms with Crippen molar-refractivity contribution in [2.75, 3.05) is 31.9 Å². The zero-order chi connectivity index (χ0) is 15.4. The Hall–Kier alpha value is -0.130. The number of sulfone groups is 1. The summed E-state index contributed by atoms with van der Waals surface area (Å²) in [6, 6.07) is 0.588. The van der Waals surface area contributed by atoms with E-state index in [2.05, 4.69) is 24.1 Å². The van der Waals surface area contributed by atoms with E-state index in [1.807, 2.05) is 0 Å². The van der Waals surface area contributed by atoms with Crippen LogP contribution in [0.25, 0.3) is 0 Å². The van der Waals surface area contributed by atoms with Gasteiger partial charge in [0.05, 0.1) is 10.5 Å². The molecule has 0 aliphatic carbocycles. The Balaban J connectivity index is 2.42. The smallest absolute Gasteiger partial charge is 0.156 e. The highest BCUT2D eigenvalue weighted by atomic mass is 32.2. The predicted molar refractivity (Wildman–Crippen MR) is 85.8 cm³/mol. The van der Waals surface area contributed by atoms with Gasteiger partial charge in [-0.15, -0.1) is 0 Å². The molecule has 1 rings (SSSR count). The molecule has 0 aromatic heterocycles. The molecule has 2 unspecified atom stereocenters. The molecule has 0 bridgehead atoms. The predicted octanol–water partition coefficient (Wildman–Crippen LogP) is 1.91. The molecule has 1 heterocycles. The van der Waals surface area contributed by atoms with Crippen LogP contribution in [0.5, 0.6) is 0 Å². The Kier molecular flexibility index (Phi) is 6.48. The third-order valence-corrected chi connectivity index (χ3v) is 6.84. The minimum Gasteiger partial charge on any atom is -0.314 e. The molecule has 0 aromatic carbocycles. The standard InChI is InChI=1S/C15H32N2O2S/c1-6-8-16-14-7-9-17(12-13(14)2)10-11-20(18,19)15(3,4)5/h13-14,16H,6-12H2,1-5H3. The van der Waals surface area contributed by atoms with E-state index in [1.54, 1.807) is 20.8 Å². The quantitative estimate of drug-likeness (QED) is 0.814. The zero-order valence-corrected chi connectivity index (χ0v) is 14.6. The maximum atomic E-state index is 12.1. The van der Waals surface area contributed by atoms with Crippen molar-refractivity contribution in [1.29, 1.82) is 0 Å². The molecule has 2 atom stereocenters. The molecular formula is C15H32N2O2S. The van der Waals surface area contributed by atoms with Crippen molar-refractivity contribution in [2.24, 2.45) is 5.92 Å². The molecule has 1 aliphatic heterocycles. The number of hydrogen-bond acceptors (Lipinski definition) is 4. The minimum absolute atomic E-state index is 0.274. The lowest BCUT2D eigenvalue weighted by Gasteiger charge is -2.37. The molecule has 1 aliphatic rings. The van der Waals surface area contributed by atoms with Gasteiger partial charge in [-0.25, -0.2) is 8.42 Å². The molecule has 1 N–H and O–H groups in total. The van der Waals surface area contributed by atoms with Crippen molar-refractivity contribution >= 4 is 9.84 Å². The maximum absolute atomic E-state index is 12.1. The molecule has 0 radical (unpaired) electrons. The molecular weight excluding hydrogens is 272 g/mol. The van der Waals surface area contributed by atoms with Crippen LogP contribution in [0, 0.1) is 5.92 Å². The zero-order valence-electron chi connectivity index (χ0n) is 13.8. The van der Waals surface area contributed by atoms with Gasteiger partial charge >= 0.3 is 0 Å². The normalized spacial score (nSPS) is 25.9. The Morgan fingerprint density at radius 3 is 2.45 bits per heavy atom. The highest BCUT2D eigenvalue weighted by Gasteiger charge is 2.31. The van der Waals surface area contributed by atoms with Gasteiger partial charge in [0.1, 0.15) is 0 Å². The van der Waals surface area contributed by atoms with E-state index >= 15 is 0 Å². The van der Waals surface area contributed by atoms with Crippen LogP contribution >= 0.6 is 0 Å². The van der Waals surface area contributed by atoms with E-state index in [1.165, 1.54) is 0 Å². The second kappa shape index (κ2) is 7.23. The molecule has 4 nitrogen and oxygen atoms in total. The molecule has 0 aromatic rings. The summed E-state index contributed by atoms with van der Waals surface area (Å²) in [7, 11) is -3.00. The fourth-order valence-electron chi connectivity index (χ4n) is 2.62. The van der Waals surface area contributed by atoms with Gasteiger partial charge in [-0.2, -0.15) is 0 Å². The summed E-state index contributed by atoms with van der Waals surface area (Å²) in [4.78, 5) is 2.30. The highest BCUT2D eigenvalue weighted by molar-refractivity contribution is 7.92. The van der Waals surface area contributed by atoms with Gasteiger partial charge in [0.15, 0.2) is 9.84 Å². The van der Waals surface area contributed by atoms with E-state index < -0.39 is 14.6 Å². The van der Waals surface area contributed by atoms with E-state index in [9.17, 15) is 8.42 Å². The Morgan fingerprint density at radius 2 is 1.95 bits per heavy atom. The molecule has 0 amide bonds. The summed E-state index contributed by atoms with van der Waals surface area (Å²) in [6.07, 6.45) is 2.29. The third-order valence-electron chi connectivity index (χ3n) is 4.26. The molecule has 120 valence electrons. The average Bonchev–Trinajstić information content (AvgIpc) is 2.34. The lowest BCUT2D eigenvalue weighted by molar-refractivity contribution is 0.154. The van der Waals surface area contributed by atoms with Gasteiger partial charge in [0, 0.05) is 19.1 Å². The first-order chi connectivity index (χ1) is 9.17. The fourth-order valence-corrected chi connectivity index (χ4v) is 3.73. The van der Waals surface area contributed by atoms with E-state index in [0.717, 1.165) is 32.5 Å². The number of piperidine rings is 1. The molecule has 0 saturated carbocycles. The second-order valence-corrected chi connectivity index (χ2v) is 9.92. The second-order valence-electron chi connectivity index (χ2n) is 7.06. The fraction of sp³-hybridized carbons (Fsp3) is 1.00. The van der Waals surface area contributed by atoms with Crippen molar-refractivity contribution in [1.82, 2.24) is 10.2 Å². The highest BCUT2D eigenvalue weighted by Crippen LogP contribution is 2.19. The van der Waals surface area contributed by atoms with Crippen molar-refractivity contribution in [3.63, 3.8) is 0 Å². The van der Waals surface area contributed by atoms with Crippen LogP contribution in [0.4, 0.5) is 0 Å². The van der Waals surface area contributed by atoms with Gasteiger partial charge < -0.3 is 10.2 Å². The first-order valence-corrected chi connectivity index (χ1v) is 9.50. The van der Waals surface area contributed by atoms with Crippen LogP contribution in [-0.2, 0) is 9.84 Å². The molecule has 5 heteroatoms. The van der Waals surface area contributed by atoms with Crippen molar-refractivity contribution in [3.05, 3.63) is 0 Å². The summed E-state index contributed by atoms with van der Waals surface area (Å²) in [5.41, 5.74) is 0. The van der Waals surface area contributed by atoms with Crippen molar-refractivity contribution in [3.8, 4) is 0 Å². The largest absolute Gasteiger partial charge is 0.314 e. The van der Waals surface area contributed by atoms with Gasteiger partial charge in [0.2, 0.25) is 0 Å². The summed E-state index contributed by atoms with van der Waals surface area (Å²) >= 11 is 0. The van der Waals surface area contributed by atoms with Crippen molar-refractivity contribution < 1.29 is 8.42 Å². The summed E-state index contributed by atoms with van der Waals surface area (Å²) in [5.74, 6) is 0.864. The summed E-state index contributed by atoms with van der Waals surface area (Å²) in [6.45, 7) is 13.6. The van der Waals surface area contributed by atoms with Crippen molar-refractivity contribution in [2.45, 2.75) is 58.2 Å². The Morgan fingerprint density at radius 1 is 1.30 bits per heavy atom. The van der Waals surface area contributed by atoms with Crippen LogP contribution in [0.15, 0.2) is 0 Å². The van der Waals surface area contributed by atoms with Gasteiger partial charge in [-0.05, 0) is 52.6 Å². The first kappa shape index (κ1) is 17.9. The van der Waals surface area contributed by atoms with Crippen LogP contribution in [0.2, 0.25) is 0 Å². The van der Waals surface area contributed by atoms with Gasteiger partial charge in [0.25, 0.3) is 0 Å². The summed E-state index contributed by atoms with van der Waals surface area (Å²) in [5, 5.41) is 3.59. The number of rotatable bonds is 6. The minimum atomic E-state index is -3.00. The third kappa shape index (κ3) is 5.01. The van der Waals surface area contributed by atoms with Crippen LogP contribution in [0.3, 0.4) is 0 Å². The lowest BCUT2D eigenvalue weighted by Crippen LogP contribution is -2.49. The van der Waals surface area contributed by atoms with Crippen LogP contribution in [-0.4, -0.2) is 56.0 Å². The first-order valence-electron chi connectivity index (χ1n) is 7.85. The number of nitrogens with zero attached hydrogens (tertiary/aromatic N) is 1. The maximum Gasteiger partial charge on any atom is 0.156 e. The molecule has 0 spiro atoms. The Bertz CT molecular complexity index is 387. The van der Waals surface area contributed by atoms with Gasteiger partial charge in [-0.3, -0.25) is 0 Å². The van der Waals surface area contributed by atoms with E-state index in [-0.39, 0.29) is 5.75 Å². The molecule has 1 fully saturated rings. The number of likely N-dealkylation sites (tertiary alicyclic amines) is 1. The number of nitrogens with one attached hydrogen (secondary N) is 1. The SMILES string of the molecule is CCCNC1CCN(CCS(=O)(=O)C(C)(C)C)CC1C. The van der Waals surface area contributed by atoms with Crippen LogP contribution in [0.1, 0.15) is 47.5 Å². The monoisotopic (exact) mass is 304 g/mol. The lowest BCUT2D eigenvalue weighted by atomic mass is 9.94. The summed E-state index contributed by atoms with van der Waals surface area (Å²) < 4.78 is 23.6. The molecule has 1 saturated heterocycles. The number of hydrogen-bond donors (Lipinski definition) is 1. The van der Waals surface area contributed by atoms with E-state index in [0.29, 0.717) is 18.5 Å². The average molecular weight is 305 g/mol. The topological polar surface area (TPSA) is 49.4 Å². The van der Waals surface area contributed by atoms with Crippen LogP contribution < -0.4 is 5.32 Å².